The first-order valence-corrected chi connectivity index (χ1v) is 13.2. The molecule has 154 valence electrons. The average Bonchev–Trinajstić information content (AvgIpc) is 2.54. The van der Waals surface area contributed by atoms with Crippen molar-refractivity contribution in [3.63, 3.8) is 0 Å². The van der Waals surface area contributed by atoms with Gasteiger partial charge < -0.3 is 13.9 Å². The van der Waals surface area contributed by atoms with Crippen LogP contribution in [0.25, 0.3) is 0 Å². The van der Waals surface area contributed by atoms with E-state index in [1.54, 1.807) is 0 Å². The van der Waals surface area contributed by atoms with Gasteiger partial charge in [0.25, 0.3) is 6.48 Å². The zero-order valence-corrected chi connectivity index (χ0v) is 19.8. The van der Waals surface area contributed by atoms with Gasteiger partial charge in [-0.1, -0.05) is 60.9 Å². The monoisotopic (exact) mass is 384 g/mol. The zero-order chi connectivity index (χ0) is 19.3. The Morgan fingerprint density at radius 2 is 1.15 bits per heavy atom. The Morgan fingerprint density at radius 1 is 0.731 bits per heavy atom. The van der Waals surface area contributed by atoms with E-state index in [0.29, 0.717) is 23.7 Å². The molecule has 2 aliphatic carbocycles. The van der Waals surface area contributed by atoms with Crippen LogP contribution in [0.4, 0.5) is 0 Å². The fraction of sp³-hybridized carbons (Fsp3) is 1.00. The van der Waals surface area contributed by atoms with Crippen LogP contribution in [-0.2, 0) is 13.9 Å². The van der Waals surface area contributed by atoms with Crippen molar-refractivity contribution >= 4 is 9.76 Å². The summed E-state index contributed by atoms with van der Waals surface area (Å²) in [7, 11) is -0.575. The van der Waals surface area contributed by atoms with Crippen LogP contribution in [0.3, 0.4) is 0 Å². The second-order valence-electron chi connectivity index (χ2n) is 9.75. The molecule has 6 atom stereocenters. The molecule has 0 heterocycles. The first kappa shape index (κ1) is 22.4. The normalized spacial score (nSPS) is 37.7. The summed E-state index contributed by atoms with van der Waals surface area (Å²) in [5, 5.41) is 0. The van der Waals surface area contributed by atoms with E-state index in [9.17, 15) is 0 Å². The standard InChI is InChI=1S/C22H44O3Si/c1-14(2)18-10-8-16(5)12-20(18)23-22(25-26-7)24-21-13-17(6)9-11-19(21)15(3)4/h14-22H,8-13,26H2,1-7H3. The second-order valence-corrected chi connectivity index (χ2v) is 10.7. The molecule has 26 heavy (non-hydrogen) atoms. The van der Waals surface area contributed by atoms with E-state index >= 15 is 0 Å². The quantitative estimate of drug-likeness (QED) is 0.416. The Balaban J connectivity index is 2.04. The van der Waals surface area contributed by atoms with Crippen molar-refractivity contribution in [3.05, 3.63) is 0 Å². The highest BCUT2D eigenvalue weighted by Gasteiger charge is 2.37. The molecule has 0 N–H and O–H groups in total. The molecule has 2 rings (SSSR count). The molecule has 0 spiro atoms. The number of hydrogen-bond acceptors (Lipinski definition) is 3. The maximum absolute atomic E-state index is 6.53. The molecule has 2 fully saturated rings. The van der Waals surface area contributed by atoms with E-state index < -0.39 is 16.2 Å². The Hall–Kier alpha value is 0.0969. The molecule has 0 aromatic carbocycles. The lowest BCUT2D eigenvalue weighted by atomic mass is 9.75. The fourth-order valence-corrected chi connectivity index (χ4v) is 5.50. The van der Waals surface area contributed by atoms with Crippen molar-refractivity contribution in [2.45, 2.75) is 105 Å². The van der Waals surface area contributed by atoms with Gasteiger partial charge in [0.05, 0.1) is 12.2 Å². The molecule has 0 aliphatic heterocycles. The maximum Gasteiger partial charge on any atom is 0.262 e. The lowest BCUT2D eigenvalue weighted by Crippen LogP contribution is -2.43. The van der Waals surface area contributed by atoms with Crippen LogP contribution >= 0.6 is 0 Å². The van der Waals surface area contributed by atoms with Gasteiger partial charge in [0.2, 0.25) is 0 Å². The van der Waals surface area contributed by atoms with Crippen molar-refractivity contribution in [2.24, 2.45) is 35.5 Å². The summed E-state index contributed by atoms with van der Waals surface area (Å²) in [5.41, 5.74) is 0. The number of hydrogen-bond donors (Lipinski definition) is 0. The minimum Gasteiger partial charge on any atom is -0.379 e. The van der Waals surface area contributed by atoms with Crippen molar-refractivity contribution < 1.29 is 13.9 Å². The molecule has 0 radical (unpaired) electrons. The van der Waals surface area contributed by atoms with E-state index in [-0.39, 0.29) is 12.2 Å². The maximum atomic E-state index is 6.53. The van der Waals surface area contributed by atoms with Crippen molar-refractivity contribution in [2.75, 3.05) is 0 Å². The largest absolute Gasteiger partial charge is 0.379 e. The average molecular weight is 385 g/mol. The summed E-state index contributed by atoms with van der Waals surface area (Å²) in [6.45, 7) is 15.8. The fourth-order valence-electron chi connectivity index (χ4n) is 5.07. The zero-order valence-electron chi connectivity index (χ0n) is 18.4. The van der Waals surface area contributed by atoms with Crippen molar-refractivity contribution in [3.8, 4) is 0 Å². The summed E-state index contributed by atoms with van der Waals surface area (Å²) in [4.78, 5) is 0. The van der Waals surface area contributed by atoms with Gasteiger partial charge in [-0.05, 0) is 61.2 Å². The van der Waals surface area contributed by atoms with Crippen LogP contribution in [0, 0.1) is 35.5 Å². The Morgan fingerprint density at radius 3 is 1.50 bits per heavy atom. The van der Waals surface area contributed by atoms with Crippen LogP contribution in [0.1, 0.15) is 80.1 Å². The van der Waals surface area contributed by atoms with E-state index in [1.165, 1.54) is 25.7 Å². The van der Waals surface area contributed by atoms with Crippen LogP contribution in [-0.4, -0.2) is 28.4 Å². The van der Waals surface area contributed by atoms with Crippen molar-refractivity contribution in [1.82, 2.24) is 0 Å². The van der Waals surface area contributed by atoms with Gasteiger partial charge in [-0.2, -0.15) is 0 Å². The van der Waals surface area contributed by atoms with Crippen LogP contribution < -0.4 is 0 Å². The molecule has 2 aliphatic rings. The minimum atomic E-state index is -0.575. The number of ether oxygens (including phenoxy) is 2. The summed E-state index contributed by atoms with van der Waals surface area (Å²) in [5.74, 6) is 4.06. The highest BCUT2D eigenvalue weighted by Crippen LogP contribution is 2.38. The summed E-state index contributed by atoms with van der Waals surface area (Å²) in [6, 6.07) is 0. The molecular formula is C22H44O3Si. The summed E-state index contributed by atoms with van der Waals surface area (Å²) >= 11 is 0. The van der Waals surface area contributed by atoms with Gasteiger partial charge in [-0.15, -0.1) is 0 Å². The molecule has 0 saturated heterocycles. The smallest absolute Gasteiger partial charge is 0.262 e. The molecule has 0 aromatic rings. The SMILES string of the molecule is C[SiH2]OC(OC1CC(C)CCC1C(C)C)OC1CC(C)CCC1C(C)C. The lowest BCUT2D eigenvalue weighted by Gasteiger charge is -2.42. The Labute approximate surface area is 164 Å². The third-order valence-corrected chi connectivity index (χ3v) is 7.40. The van der Waals surface area contributed by atoms with Gasteiger partial charge in [-0.3, -0.25) is 0 Å². The summed E-state index contributed by atoms with van der Waals surface area (Å²) < 4.78 is 19.1. The predicted molar refractivity (Wildman–Crippen MR) is 112 cm³/mol. The van der Waals surface area contributed by atoms with Gasteiger partial charge in [0.1, 0.15) is 0 Å². The van der Waals surface area contributed by atoms with E-state index in [1.807, 2.05) is 0 Å². The highest BCUT2D eigenvalue weighted by molar-refractivity contribution is 6.24. The van der Waals surface area contributed by atoms with Crippen LogP contribution in [0.5, 0.6) is 0 Å². The van der Waals surface area contributed by atoms with E-state index in [0.717, 1.165) is 24.7 Å². The van der Waals surface area contributed by atoms with Crippen LogP contribution in [0.2, 0.25) is 6.55 Å². The Kier molecular flexibility index (Phi) is 9.12. The predicted octanol–water partition coefficient (Wildman–Crippen LogP) is 5.37. The summed E-state index contributed by atoms with van der Waals surface area (Å²) in [6.07, 6.45) is 8.05. The third-order valence-electron chi connectivity index (χ3n) is 6.80. The van der Waals surface area contributed by atoms with Crippen molar-refractivity contribution in [1.29, 1.82) is 0 Å². The van der Waals surface area contributed by atoms with Crippen LogP contribution in [0.15, 0.2) is 0 Å². The topological polar surface area (TPSA) is 27.7 Å². The molecule has 0 bridgehead atoms. The second kappa shape index (κ2) is 10.6. The van der Waals surface area contributed by atoms with E-state index in [4.69, 9.17) is 13.9 Å². The molecule has 6 unspecified atom stereocenters. The molecule has 2 saturated carbocycles. The highest BCUT2D eigenvalue weighted by atomic mass is 28.2. The van der Waals surface area contributed by atoms with Gasteiger partial charge >= 0.3 is 0 Å². The molecule has 0 amide bonds. The molecule has 0 aromatic heterocycles. The first-order valence-electron chi connectivity index (χ1n) is 11.2. The molecule has 4 heteroatoms. The first-order chi connectivity index (χ1) is 12.3. The van der Waals surface area contributed by atoms with Gasteiger partial charge in [0, 0.05) is 0 Å². The number of rotatable bonds is 8. The third kappa shape index (κ3) is 6.32. The minimum absolute atomic E-state index is 0.280. The van der Waals surface area contributed by atoms with E-state index in [2.05, 4.69) is 48.1 Å². The van der Waals surface area contributed by atoms with Gasteiger partial charge in [0.15, 0.2) is 9.76 Å². The van der Waals surface area contributed by atoms with Gasteiger partial charge in [-0.25, -0.2) is 0 Å². The lowest BCUT2D eigenvalue weighted by molar-refractivity contribution is -0.308. The molecule has 3 nitrogen and oxygen atoms in total. The molecular weight excluding hydrogens is 340 g/mol. The Bertz CT molecular complexity index is 367.